The summed E-state index contributed by atoms with van der Waals surface area (Å²) >= 11 is 0. The van der Waals surface area contributed by atoms with E-state index < -0.39 is 0 Å². The number of hydrogen-bond acceptors (Lipinski definition) is 2. The molecule has 2 aliphatic rings. The van der Waals surface area contributed by atoms with Gasteiger partial charge in [-0.05, 0) is 48.1 Å². The molecular weight excluding hydrogens is 256 g/mol. The van der Waals surface area contributed by atoms with Gasteiger partial charge in [-0.3, -0.25) is 0 Å². The lowest BCUT2D eigenvalue weighted by Gasteiger charge is -2.31. The summed E-state index contributed by atoms with van der Waals surface area (Å²) in [6, 6.07) is 6.74. The molecule has 0 spiro atoms. The summed E-state index contributed by atoms with van der Waals surface area (Å²) < 4.78 is 0. The van der Waals surface area contributed by atoms with E-state index in [0.29, 0.717) is 5.41 Å². The zero-order chi connectivity index (χ0) is 14.7. The summed E-state index contributed by atoms with van der Waals surface area (Å²) in [5.74, 6) is 0.813. The van der Waals surface area contributed by atoms with Gasteiger partial charge in [-0.15, -0.1) is 0 Å². The van der Waals surface area contributed by atoms with Gasteiger partial charge < -0.3 is 10.6 Å². The summed E-state index contributed by atoms with van der Waals surface area (Å²) in [6.07, 6.45) is 8.26. The predicted molar refractivity (Wildman–Crippen MR) is 90.7 cm³/mol. The van der Waals surface area contributed by atoms with Gasteiger partial charge in [0.05, 0.1) is 0 Å². The number of anilines is 1. The number of para-hydroxylation sites is 1. The van der Waals surface area contributed by atoms with E-state index in [1.165, 1.54) is 61.9 Å². The maximum atomic E-state index is 3.78. The molecule has 1 heterocycles. The van der Waals surface area contributed by atoms with E-state index >= 15 is 0 Å². The fraction of sp³-hybridized carbons (Fsp3) is 0.684. The molecule has 0 aromatic heterocycles. The molecule has 0 bridgehead atoms. The zero-order valence-electron chi connectivity index (χ0n) is 13.7. The molecule has 1 aliphatic carbocycles. The van der Waals surface area contributed by atoms with Crippen LogP contribution in [0, 0.1) is 11.3 Å². The molecule has 1 saturated carbocycles. The Morgan fingerprint density at radius 3 is 2.81 bits per heavy atom. The van der Waals surface area contributed by atoms with Crippen LogP contribution in [0.15, 0.2) is 18.2 Å². The summed E-state index contributed by atoms with van der Waals surface area (Å²) in [4.78, 5) is 0. The molecule has 116 valence electrons. The van der Waals surface area contributed by atoms with Gasteiger partial charge in [0.25, 0.3) is 0 Å². The number of benzene rings is 1. The van der Waals surface area contributed by atoms with Crippen LogP contribution in [-0.4, -0.2) is 13.1 Å². The van der Waals surface area contributed by atoms with Crippen LogP contribution < -0.4 is 10.6 Å². The third-order valence-electron chi connectivity index (χ3n) is 5.25. The lowest BCUT2D eigenvalue weighted by molar-refractivity contribution is 0.223. The van der Waals surface area contributed by atoms with Crippen LogP contribution in [0.25, 0.3) is 0 Å². The lowest BCUT2D eigenvalue weighted by Crippen LogP contribution is -2.33. The third kappa shape index (κ3) is 3.42. The molecule has 1 aromatic carbocycles. The monoisotopic (exact) mass is 286 g/mol. The highest BCUT2D eigenvalue weighted by molar-refractivity contribution is 5.61. The van der Waals surface area contributed by atoms with E-state index in [1.54, 1.807) is 0 Å². The molecule has 2 nitrogen and oxygen atoms in total. The van der Waals surface area contributed by atoms with Crippen LogP contribution in [0.3, 0.4) is 0 Å². The van der Waals surface area contributed by atoms with Crippen molar-refractivity contribution < 1.29 is 0 Å². The van der Waals surface area contributed by atoms with Crippen molar-refractivity contribution in [3.05, 3.63) is 29.3 Å². The molecule has 21 heavy (non-hydrogen) atoms. The molecule has 1 aliphatic heterocycles. The SMILES string of the molecule is CC(C)CC1(CNCc2cccc3c2NCC3)CCCC1. The predicted octanol–water partition coefficient (Wildman–Crippen LogP) is 4.35. The first-order valence-corrected chi connectivity index (χ1v) is 8.74. The highest BCUT2D eigenvalue weighted by Crippen LogP contribution is 2.42. The fourth-order valence-corrected chi connectivity index (χ4v) is 4.46. The van der Waals surface area contributed by atoms with Crippen molar-refractivity contribution in [1.82, 2.24) is 5.32 Å². The normalized spacial score (nSPS) is 19.8. The Labute approximate surface area is 129 Å². The van der Waals surface area contributed by atoms with Gasteiger partial charge in [-0.1, -0.05) is 44.9 Å². The smallest absolute Gasteiger partial charge is 0.0419 e. The highest BCUT2D eigenvalue weighted by atomic mass is 14.9. The molecular formula is C19H30N2. The largest absolute Gasteiger partial charge is 0.384 e. The van der Waals surface area contributed by atoms with Crippen molar-refractivity contribution in [2.45, 2.75) is 58.9 Å². The van der Waals surface area contributed by atoms with Crippen molar-refractivity contribution in [2.75, 3.05) is 18.4 Å². The van der Waals surface area contributed by atoms with Crippen molar-refractivity contribution in [2.24, 2.45) is 11.3 Å². The molecule has 2 heteroatoms. The van der Waals surface area contributed by atoms with E-state index in [-0.39, 0.29) is 0 Å². The van der Waals surface area contributed by atoms with E-state index in [4.69, 9.17) is 0 Å². The molecule has 0 unspecified atom stereocenters. The summed E-state index contributed by atoms with van der Waals surface area (Å²) in [6.45, 7) is 8.04. The summed E-state index contributed by atoms with van der Waals surface area (Å²) in [5.41, 5.74) is 4.91. The minimum Gasteiger partial charge on any atom is -0.384 e. The Bertz CT molecular complexity index is 472. The molecule has 0 amide bonds. The molecule has 0 saturated heterocycles. The standard InChI is InChI=1S/C19H30N2/c1-15(2)12-19(9-3-4-10-19)14-20-13-17-7-5-6-16-8-11-21-18(16)17/h5-7,15,20-21H,3-4,8-14H2,1-2H3. The van der Waals surface area contributed by atoms with Gasteiger partial charge in [0.2, 0.25) is 0 Å². The molecule has 1 aromatic rings. The van der Waals surface area contributed by atoms with Crippen molar-refractivity contribution in [1.29, 1.82) is 0 Å². The topological polar surface area (TPSA) is 24.1 Å². The highest BCUT2D eigenvalue weighted by Gasteiger charge is 2.33. The van der Waals surface area contributed by atoms with Gasteiger partial charge in [0.15, 0.2) is 0 Å². The molecule has 3 rings (SSSR count). The Hall–Kier alpha value is -1.02. The summed E-state index contributed by atoms with van der Waals surface area (Å²) in [7, 11) is 0. The molecule has 2 N–H and O–H groups in total. The van der Waals surface area contributed by atoms with Crippen molar-refractivity contribution >= 4 is 5.69 Å². The zero-order valence-corrected chi connectivity index (χ0v) is 13.7. The average molecular weight is 286 g/mol. The van der Waals surface area contributed by atoms with Crippen LogP contribution in [0.2, 0.25) is 0 Å². The first-order valence-electron chi connectivity index (χ1n) is 8.74. The second kappa shape index (κ2) is 6.39. The van der Waals surface area contributed by atoms with E-state index in [1.807, 2.05) is 0 Å². The molecule has 0 atom stereocenters. The Morgan fingerprint density at radius 1 is 1.24 bits per heavy atom. The van der Waals surface area contributed by atoms with Gasteiger partial charge in [-0.2, -0.15) is 0 Å². The Morgan fingerprint density at radius 2 is 2.05 bits per heavy atom. The van der Waals surface area contributed by atoms with Crippen LogP contribution in [0.4, 0.5) is 5.69 Å². The molecule has 1 fully saturated rings. The van der Waals surface area contributed by atoms with Gasteiger partial charge >= 0.3 is 0 Å². The van der Waals surface area contributed by atoms with Crippen molar-refractivity contribution in [3.8, 4) is 0 Å². The Balaban J connectivity index is 1.59. The summed E-state index contributed by atoms with van der Waals surface area (Å²) in [5, 5.41) is 7.33. The number of nitrogens with one attached hydrogen (secondary N) is 2. The van der Waals surface area contributed by atoms with Crippen LogP contribution >= 0.6 is 0 Å². The maximum absolute atomic E-state index is 3.78. The van der Waals surface area contributed by atoms with Crippen molar-refractivity contribution in [3.63, 3.8) is 0 Å². The first kappa shape index (κ1) is 14.9. The minimum absolute atomic E-state index is 0.569. The fourth-order valence-electron chi connectivity index (χ4n) is 4.46. The van der Waals surface area contributed by atoms with Gasteiger partial charge in [0, 0.05) is 25.3 Å². The lowest BCUT2D eigenvalue weighted by atomic mass is 9.78. The maximum Gasteiger partial charge on any atom is 0.0419 e. The molecule has 0 radical (unpaired) electrons. The van der Waals surface area contributed by atoms with Gasteiger partial charge in [-0.25, -0.2) is 0 Å². The number of hydrogen-bond donors (Lipinski definition) is 2. The van der Waals surface area contributed by atoms with E-state index in [0.717, 1.165) is 19.0 Å². The van der Waals surface area contributed by atoms with Gasteiger partial charge in [0.1, 0.15) is 0 Å². The first-order chi connectivity index (χ1) is 10.2. The van der Waals surface area contributed by atoms with E-state index in [9.17, 15) is 0 Å². The quantitative estimate of drug-likeness (QED) is 0.812. The van der Waals surface area contributed by atoms with Crippen LogP contribution in [0.1, 0.15) is 57.1 Å². The Kier molecular flexibility index (Phi) is 4.54. The van der Waals surface area contributed by atoms with Crippen LogP contribution in [0.5, 0.6) is 0 Å². The second-order valence-electron chi connectivity index (χ2n) is 7.54. The third-order valence-corrected chi connectivity index (χ3v) is 5.25. The number of fused-ring (bicyclic) bond motifs is 1. The van der Waals surface area contributed by atoms with E-state index in [2.05, 4.69) is 42.7 Å². The average Bonchev–Trinajstić information content (AvgIpc) is 3.07. The minimum atomic E-state index is 0.569. The van der Waals surface area contributed by atoms with Crippen LogP contribution in [-0.2, 0) is 13.0 Å². The number of rotatable bonds is 6. The second-order valence-corrected chi connectivity index (χ2v) is 7.54.